The van der Waals surface area contributed by atoms with Crippen molar-refractivity contribution in [3.8, 4) is 0 Å². The Balaban J connectivity index is 4.85. The highest BCUT2D eigenvalue weighted by molar-refractivity contribution is 5.98. The van der Waals surface area contributed by atoms with Gasteiger partial charge in [-0.2, -0.15) is 0 Å². The molecule has 0 saturated heterocycles. The second-order valence-corrected chi connectivity index (χ2v) is 3.79. The van der Waals surface area contributed by atoms with Crippen LogP contribution in [-0.2, 0) is 4.43 Å². The van der Waals surface area contributed by atoms with Crippen molar-refractivity contribution in [1.29, 1.82) is 0 Å². The Morgan fingerprint density at radius 2 is 1.53 bits per heavy atom. The molecule has 0 aromatic rings. The highest BCUT2D eigenvalue weighted by Gasteiger charge is 2.33. The van der Waals surface area contributed by atoms with Crippen LogP contribution in [0.15, 0.2) is 0 Å². The summed E-state index contributed by atoms with van der Waals surface area (Å²) in [7, 11) is 0.346. The van der Waals surface area contributed by atoms with Crippen molar-refractivity contribution in [2.75, 3.05) is 13.2 Å². The van der Waals surface area contributed by atoms with Gasteiger partial charge in [0.1, 0.15) is 10.5 Å². The third-order valence-electron chi connectivity index (χ3n) is 1.68. The molecular formula is C6H16N6O4Si. The van der Waals surface area contributed by atoms with E-state index in [2.05, 4.69) is 16.0 Å². The molecule has 0 unspecified atom stereocenters. The van der Waals surface area contributed by atoms with Gasteiger partial charge in [0.05, 0.1) is 13.2 Å². The minimum atomic E-state index is -1.42. The summed E-state index contributed by atoms with van der Waals surface area (Å²) >= 11 is 0. The van der Waals surface area contributed by atoms with Crippen LogP contribution in [0.4, 0.5) is 14.4 Å². The monoisotopic (exact) mass is 264 g/mol. The fourth-order valence-corrected chi connectivity index (χ4v) is 1.69. The Morgan fingerprint density at radius 1 is 1.06 bits per heavy atom. The summed E-state index contributed by atoms with van der Waals surface area (Å²) in [5, 5.41) is 6.69. The van der Waals surface area contributed by atoms with Crippen LogP contribution in [0.3, 0.4) is 0 Å². The highest BCUT2D eigenvalue weighted by Crippen LogP contribution is 1.99. The van der Waals surface area contributed by atoms with Gasteiger partial charge in [-0.3, -0.25) is 0 Å². The second-order valence-electron chi connectivity index (χ2n) is 3.21. The molecule has 6 amide bonds. The molecule has 9 N–H and O–H groups in total. The number of hydrogen-bond donors (Lipinski definition) is 6. The van der Waals surface area contributed by atoms with Crippen LogP contribution in [0.5, 0.6) is 0 Å². The van der Waals surface area contributed by atoms with E-state index in [0.717, 1.165) is 0 Å². The van der Waals surface area contributed by atoms with Crippen molar-refractivity contribution in [2.24, 2.45) is 17.2 Å². The number of urea groups is 3. The first-order chi connectivity index (χ1) is 7.81. The van der Waals surface area contributed by atoms with E-state index in [4.69, 9.17) is 21.6 Å². The van der Waals surface area contributed by atoms with Crippen molar-refractivity contribution >= 4 is 28.6 Å². The molecule has 0 atom stereocenters. The number of primary amides is 3. The molecule has 0 bridgehead atoms. The fourth-order valence-electron chi connectivity index (χ4n) is 1.20. The second kappa shape index (κ2) is 6.54. The summed E-state index contributed by atoms with van der Waals surface area (Å²) in [6.07, 6.45) is 0. The Kier molecular flexibility index (Phi) is 5.77. The van der Waals surface area contributed by atoms with Gasteiger partial charge in [-0.25, -0.2) is 14.4 Å². The molecule has 17 heavy (non-hydrogen) atoms. The van der Waals surface area contributed by atoms with Gasteiger partial charge in [0.15, 0.2) is 5.66 Å². The summed E-state index contributed by atoms with van der Waals surface area (Å²) in [4.78, 5) is 32.3. The molecule has 0 aromatic heterocycles. The van der Waals surface area contributed by atoms with Gasteiger partial charge in [0.25, 0.3) is 0 Å². The smallest absolute Gasteiger partial charge is 0.314 e. The summed E-state index contributed by atoms with van der Waals surface area (Å²) in [5.74, 6) is 0. The molecule has 0 aliphatic carbocycles. The Labute approximate surface area is 100 Å². The summed E-state index contributed by atoms with van der Waals surface area (Å²) in [6.45, 7) is -0.318. The van der Waals surface area contributed by atoms with E-state index >= 15 is 0 Å². The minimum absolute atomic E-state index is 0.106. The molecule has 0 spiro atoms. The zero-order valence-corrected chi connectivity index (χ0v) is 11.3. The zero-order chi connectivity index (χ0) is 13.5. The molecule has 0 aliphatic heterocycles. The number of carbonyl (C=O) groups is 3. The molecule has 10 nitrogen and oxygen atoms in total. The van der Waals surface area contributed by atoms with Gasteiger partial charge < -0.3 is 37.6 Å². The first kappa shape index (κ1) is 15.0. The SMILES string of the molecule is NC(=O)NCC(CO[SiH3])(NC(N)=O)NC(N)=O. The first-order valence-corrected chi connectivity index (χ1v) is 5.30. The summed E-state index contributed by atoms with van der Waals surface area (Å²) in [6, 6.07) is -2.66. The lowest BCUT2D eigenvalue weighted by molar-refractivity contribution is 0.157. The maximum atomic E-state index is 10.8. The average molecular weight is 264 g/mol. The summed E-state index contributed by atoms with van der Waals surface area (Å²) < 4.78 is 4.95. The molecule has 0 aliphatic rings. The van der Waals surface area contributed by atoms with Crippen molar-refractivity contribution in [1.82, 2.24) is 16.0 Å². The van der Waals surface area contributed by atoms with Gasteiger partial charge in [-0.1, -0.05) is 0 Å². The molecule has 0 rings (SSSR count). The number of hydrogen-bond acceptors (Lipinski definition) is 4. The van der Waals surface area contributed by atoms with Crippen LogP contribution >= 0.6 is 0 Å². The highest BCUT2D eigenvalue weighted by atomic mass is 28.2. The van der Waals surface area contributed by atoms with Gasteiger partial charge in [-0.15, -0.1) is 0 Å². The standard InChI is InChI=1S/C6H16N6O4Si/c7-3(13)10-1-6(2-16-17,11-4(8)14)12-5(9)15/h1-2H2,17H3,(H3,7,10,13)(H3,8,11,14)(H3,9,12,15). The lowest BCUT2D eigenvalue weighted by atomic mass is 10.1. The number of carbonyl (C=O) groups excluding carboxylic acids is 3. The van der Waals surface area contributed by atoms with Crippen molar-refractivity contribution in [3.63, 3.8) is 0 Å². The third kappa shape index (κ3) is 6.21. The molecule has 0 fully saturated rings. The Hall–Kier alpha value is -2.01. The fraction of sp³-hybridized carbons (Fsp3) is 0.500. The number of rotatable bonds is 6. The van der Waals surface area contributed by atoms with Crippen LogP contribution < -0.4 is 33.2 Å². The number of nitrogens with two attached hydrogens (primary N) is 3. The first-order valence-electron chi connectivity index (χ1n) is 4.49. The molecular weight excluding hydrogens is 248 g/mol. The Morgan fingerprint density at radius 3 is 1.82 bits per heavy atom. The predicted octanol–water partition coefficient (Wildman–Crippen LogP) is -4.02. The normalized spacial score (nSPS) is 10.6. The quantitative estimate of drug-likeness (QED) is 0.212. The van der Waals surface area contributed by atoms with E-state index in [0.29, 0.717) is 10.5 Å². The summed E-state index contributed by atoms with van der Waals surface area (Å²) in [5.41, 5.74) is 13.4. The molecule has 0 heterocycles. The number of amides is 6. The van der Waals surface area contributed by atoms with Crippen LogP contribution in [0.2, 0.25) is 0 Å². The van der Waals surface area contributed by atoms with E-state index in [1.54, 1.807) is 0 Å². The van der Waals surface area contributed by atoms with Crippen LogP contribution in [0.25, 0.3) is 0 Å². The minimum Gasteiger partial charge on any atom is -0.424 e. The maximum absolute atomic E-state index is 10.8. The van der Waals surface area contributed by atoms with E-state index in [9.17, 15) is 14.4 Å². The van der Waals surface area contributed by atoms with Crippen molar-refractivity contribution in [3.05, 3.63) is 0 Å². The van der Waals surface area contributed by atoms with Gasteiger partial charge >= 0.3 is 18.1 Å². The van der Waals surface area contributed by atoms with Crippen molar-refractivity contribution < 1.29 is 18.8 Å². The Bertz CT molecular complexity index is 295. The molecule has 11 heteroatoms. The van der Waals surface area contributed by atoms with Crippen LogP contribution in [-0.4, -0.2) is 47.4 Å². The lowest BCUT2D eigenvalue weighted by Crippen LogP contribution is -2.70. The van der Waals surface area contributed by atoms with E-state index in [1.807, 2.05) is 0 Å². The number of nitrogens with one attached hydrogen (secondary N) is 3. The predicted molar refractivity (Wildman–Crippen MR) is 61.6 cm³/mol. The molecule has 0 radical (unpaired) electrons. The molecule has 0 aromatic carbocycles. The largest absolute Gasteiger partial charge is 0.424 e. The van der Waals surface area contributed by atoms with Gasteiger partial charge in [-0.05, 0) is 0 Å². The van der Waals surface area contributed by atoms with Crippen molar-refractivity contribution in [2.45, 2.75) is 5.66 Å². The zero-order valence-electron chi connectivity index (χ0n) is 9.28. The third-order valence-corrected chi connectivity index (χ3v) is 1.97. The molecule has 0 saturated carbocycles. The molecule has 98 valence electrons. The average Bonchev–Trinajstić information content (AvgIpc) is 2.13. The van der Waals surface area contributed by atoms with Gasteiger partial charge in [0.2, 0.25) is 0 Å². The van der Waals surface area contributed by atoms with E-state index < -0.39 is 23.8 Å². The van der Waals surface area contributed by atoms with Crippen LogP contribution in [0, 0.1) is 0 Å². The van der Waals surface area contributed by atoms with E-state index in [-0.39, 0.29) is 13.2 Å². The topological polar surface area (TPSA) is 175 Å². The maximum Gasteiger partial charge on any atom is 0.314 e. The van der Waals surface area contributed by atoms with Gasteiger partial charge in [0, 0.05) is 0 Å². The van der Waals surface area contributed by atoms with E-state index in [1.165, 1.54) is 0 Å². The lowest BCUT2D eigenvalue weighted by Gasteiger charge is -2.33. The van der Waals surface area contributed by atoms with Crippen LogP contribution in [0.1, 0.15) is 0 Å².